The van der Waals surface area contributed by atoms with E-state index in [2.05, 4.69) is 35.7 Å². The van der Waals surface area contributed by atoms with Crippen molar-refractivity contribution >= 4 is 5.82 Å². The molecule has 1 saturated heterocycles. The van der Waals surface area contributed by atoms with E-state index >= 15 is 0 Å². The molecule has 1 aliphatic heterocycles. The number of rotatable bonds is 2. The molecule has 100 valence electrons. The van der Waals surface area contributed by atoms with Gasteiger partial charge in [-0.1, -0.05) is 0 Å². The number of piperazine rings is 1. The van der Waals surface area contributed by atoms with E-state index in [4.69, 9.17) is 0 Å². The molecular formula is C14H23N3O. The lowest BCUT2D eigenvalue weighted by Gasteiger charge is -2.43. The van der Waals surface area contributed by atoms with Crippen molar-refractivity contribution in [1.82, 2.24) is 9.88 Å². The number of hydrogen-bond donors (Lipinski definition) is 1. The fourth-order valence-electron chi connectivity index (χ4n) is 2.46. The molecule has 0 saturated carbocycles. The fourth-order valence-corrected chi connectivity index (χ4v) is 2.46. The summed E-state index contributed by atoms with van der Waals surface area (Å²) in [5.41, 5.74) is 0.930. The summed E-state index contributed by atoms with van der Waals surface area (Å²) in [6.07, 6.45) is 1.35. The van der Waals surface area contributed by atoms with Crippen molar-refractivity contribution in [3.63, 3.8) is 0 Å². The van der Waals surface area contributed by atoms with Crippen LogP contribution in [0.15, 0.2) is 18.3 Å². The van der Waals surface area contributed by atoms with E-state index in [-0.39, 0.29) is 0 Å². The van der Waals surface area contributed by atoms with Gasteiger partial charge in [-0.25, -0.2) is 4.98 Å². The zero-order chi connectivity index (χ0) is 13.3. The molecule has 4 heteroatoms. The Morgan fingerprint density at radius 3 is 2.50 bits per heavy atom. The summed E-state index contributed by atoms with van der Waals surface area (Å²) in [5, 5.41) is 9.64. The van der Waals surface area contributed by atoms with Crippen LogP contribution in [0.5, 0.6) is 0 Å². The number of aromatic nitrogens is 1. The summed E-state index contributed by atoms with van der Waals surface area (Å²) >= 11 is 0. The van der Waals surface area contributed by atoms with Gasteiger partial charge in [0.05, 0.1) is 6.10 Å². The van der Waals surface area contributed by atoms with Crippen LogP contribution in [0.3, 0.4) is 0 Å². The molecule has 3 atom stereocenters. The molecule has 1 N–H and O–H groups in total. The zero-order valence-corrected chi connectivity index (χ0v) is 11.7. The molecule has 1 aliphatic rings. The van der Waals surface area contributed by atoms with Crippen LogP contribution >= 0.6 is 0 Å². The predicted octanol–water partition coefficient (Wildman–Crippen LogP) is 1.66. The Morgan fingerprint density at radius 2 is 1.94 bits per heavy atom. The van der Waals surface area contributed by atoms with E-state index in [0.29, 0.717) is 12.1 Å². The highest BCUT2D eigenvalue weighted by Gasteiger charge is 2.27. The van der Waals surface area contributed by atoms with Crippen molar-refractivity contribution in [1.29, 1.82) is 0 Å². The Balaban J connectivity index is 2.19. The summed E-state index contributed by atoms with van der Waals surface area (Å²) in [7, 11) is 2.17. The van der Waals surface area contributed by atoms with Crippen molar-refractivity contribution < 1.29 is 5.11 Å². The zero-order valence-electron chi connectivity index (χ0n) is 11.7. The van der Waals surface area contributed by atoms with Crippen LogP contribution in [0.2, 0.25) is 0 Å². The van der Waals surface area contributed by atoms with E-state index in [1.165, 1.54) is 0 Å². The molecule has 0 amide bonds. The standard InChI is InChI=1S/C14H23N3O/c1-10-8-17(9-11(2)16(10)4)14-7-13(12(3)18)5-6-15-14/h5-7,10-12,18H,8-9H2,1-4H3/t10?,11?,12-/m0/s1. The van der Waals surface area contributed by atoms with Gasteiger partial charge < -0.3 is 10.0 Å². The third-order valence-corrected chi connectivity index (χ3v) is 3.94. The van der Waals surface area contributed by atoms with Gasteiger partial charge in [0.25, 0.3) is 0 Å². The maximum atomic E-state index is 9.64. The summed E-state index contributed by atoms with van der Waals surface area (Å²) in [6.45, 7) is 8.23. The highest BCUT2D eigenvalue weighted by atomic mass is 16.3. The molecule has 2 rings (SSSR count). The number of aliphatic hydroxyl groups excluding tert-OH is 1. The molecule has 0 radical (unpaired) electrons. The van der Waals surface area contributed by atoms with E-state index in [1.54, 1.807) is 13.1 Å². The molecule has 1 fully saturated rings. The lowest BCUT2D eigenvalue weighted by Crippen LogP contribution is -2.55. The van der Waals surface area contributed by atoms with Crippen LogP contribution < -0.4 is 4.90 Å². The first-order valence-electron chi connectivity index (χ1n) is 6.60. The third-order valence-electron chi connectivity index (χ3n) is 3.94. The second-order valence-electron chi connectivity index (χ2n) is 5.39. The van der Waals surface area contributed by atoms with E-state index in [9.17, 15) is 5.11 Å². The van der Waals surface area contributed by atoms with Crippen LogP contribution in [-0.2, 0) is 0 Å². The minimum atomic E-state index is -0.436. The van der Waals surface area contributed by atoms with Gasteiger partial charge in [0.15, 0.2) is 0 Å². The molecular weight excluding hydrogens is 226 g/mol. The SMILES string of the molecule is CC1CN(c2cc([C@H](C)O)ccn2)CC(C)N1C. The van der Waals surface area contributed by atoms with Crippen LogP contribution in [0, 0.1) is 0 Å². The second kappa shape index (κ2) is 5.24. The lowest BCUT2D eigenvalue weighted by molar-refractivity contribution is 0.169. The van der Waals surface area contributed by atoms with E-state index in [0.717, 1.165) is 24.5 Å². The second-order valence-corrected chi connectivity index (χ2v) is 5.39. The molecule has 18 heavy (non-hydrogen) atoms. The lowest BCUT2D eigenvalue weighted by atomic mass is 10.1. The van der Waals surface area contributed by atoms with E-state index in [1.807, 2.05) is 12.1 Å². The molecule has 0 bridgehead atoms. The highest BCUT2D eigenvalue weighted by molar-refractivity contribution is 5.42. The fraction of sp³-hybridized carbons (Fsp3) is 0.643. The average Bonchev–Trinajstić information content (AvgIpc) is 2.35. The summed E-state index contributed by atoms with van der Waals surface area (Å²) < 4.78 is 0. The Hall–Kier alpha value is -1.13. The van der Waals surface area contributed by atoms with Crippen molar-refractivity contribution in [3.8, 4) is 0 Å². The molecule has 4 nitrogen and oxygen atoms in total. The highest BCUT2D eigenvalue weighted by Crippen LogP contribution is 2.22. The number of anilines is 1. The van der Waals surface area contributed by atoms with Gasteiger partial charge in [-0.05, 0) is 45.5 Å². The minimum absolute atomic E-state index is 0.436. The molecule has 1 aromatic rings. The van der Waals surface area contributed by atoms with Gasteiger partial charge in [0, 0.05) is 31.4 Å². The first-order chi connectivity index (χ1) is 8.49. The topological polar surface area (TPSA) is 39.6 Å². The average molecular weight is 249 g/mol. The number of nitrogens with zero attached hydrogens (tertiary/aromatic N) is 3. The number of likely N-dealkylation sites (N-methyl/N-ethyl adjacent to an activating group) is 1. The maximum Gasteiger partial charge on any atom is 0.128 e. The first-order valence-corrected chi connectivity index (χ1v) is 6.60. The molecule has 0 aromatic carbocycles. The molecule has 0 spiro atoms. The number of pyridine rings is 1. The number of aliphatic hydroxyl groups is 1. The van der Waals surface area contributed by atoms with Crippen molar-refractivity contribution in [2.75, 3.05) is 25.0 Å². The van der Waals surface area contributed by atoms with Gasteiger partial charge in [0.2, 0.25) is 0 Å². The van der Waals surface area contributed by atoms with Crippen LogP contribution in [-0.4, -0.2) is 47.2 Å². The van der Waals surface area contributed by atoms with E-state index < -0.39 is 6.10 Å². The van der Waals surface area contributed by atoms with Crippen LogP contribution in [0.25, 0.3) is 0 Å². The Kier molecular flexibility index (Phi) is 3.88. The quantitative estimate of drug-likeness (QED) is 0.865. The van der Waals surface area contributed by atoms with Gasteiger partial charge >= 0.3 is 0 Å². The minimum Gasteiger partial charge on any atom is -0.389 e. The Labute approximate surface area is 109 Å². The molecule has 2 heterocycles. The van der Waals surface area contributed by atoms with Crippen molar-refractivity contribution in [3.05, 3.63) is 23.9 Å². The third kappa shape index (κ3) is 2.65. The van der Waals surface area contributed by atoms with Gasteiger partial charge in [-0.2, -0.15) is 0 Å². The predicted molar refractivity (Wildman–Crippen MR) is 73.8 cm³/mol. The molecule has 1 aromatic heterocycles. The Bertz CT molecular complexity index is 396. The maximum absolute atomic E-state index is 9.64. The van der Waals surface area contributed by atoms with Gasteiger partial charge in [-0.3, -0.25) is 4.90 Å². The summed E-state index contributed by atoms with van der Waals surface area (Å²) in [4.78, 5) is 9.14. The van der Waals surface area contributed by atoms with Gasteiger partial charge in [-0.15, -0.1) is 0 Å². The Morgan fingerprint density at radius 1 is 1.33 bits per heavy atom. The van der Waals surface area contributed by atoms with Crippen LogP contribution in [0.4, 0.5) is 5.82 Å². The van der Waals surface area contributed by atoms with Crippen molar-refractivity contribution in [2.45, 2.75) is 39.0 Å². The monoisotopic (exact) mass is 249 g/mol. The van der Waals surface area contributed by atoms with Crippen molar-refractivity contribution in [2.24, 2.45) is 0 Å². The number of hydrogen-bond acceptors (Lipinski definition) is 4. The smallest absolute Gasteiger partial charge is 0.128 e. The summed E-state index contributed by atoms with van der Waals surface area (Å²) in [5.74, 6) is 0.972. The van der Waals surface area contributed by atoms with Crippen LogP contribution in [0.1, 0.15) is 32.4 Å². The normalized spacial score (nSPS) is 27.3. The largest absolute Gasteiger partial charge is 0.389 e. The summed E-state index contributed by atoms with van der Waals surface area (Å²) in [6, 6.07) is 4.91. The first kappa shape index (κ1) is 13.3. The molecule has 0 aliphatic carbocycles. The molecule has 2 unspecified atom stereocenters. The van der Waals surface area contributed by atoms with Gasteiger partial charge in [0.1, 0.15) is 5.82 Å².